The molecule has 0 saturated heterocycles. The quantitative estimate of drug-likeness (QED) is 0.547. The Morgan fingerprint density at radius 3 is 2.81 bits per heavy atom. The van der Waals surface area contributed by atoms with Gasteiger partial charge < -0.3 is 24.5 Å². The molecule has 3 atom stereocenters. The number of imidazole rings is 1. The summed E-state index contributed by atoms with van der Waals surface area (Å²) in [6.07, 6.45) is 11.4. The van der Waals surface area contributed by atoms with Crippen LogP contribution in [0.4, 0.5) is 0 Å². The number of amides is 1. The summed E-state index contributed by atoms with van der Waals surface area (Å²) in [6, 6.07) is 5.96. The molecule has 1 saturated carbocycles. The van der Waals surface area contributed by atoms with Gasteiger partial charge in [-0.15, -0.1) is 0 Å². The van der Waals surface area contributed by atoms with Gasteiger partial charge in [0.15, 0.2) is 11.5 Å². The molecule has 2 unspecified atom stereocenters. The number of nitrogens with one attached hydrogen (secondary N) is 1. The molecule has 5 rings (SSSR count). The Bertz CT molecular complexity index is 1020. The van der Waals surface area contributed by atoms with Crippen molar-refractivity contribution in [2.45, 2.75) is 63.5 Å². The number of aliphatic hydroxyl groups excluding tert-OH is 1. The Morgan fingerprint density at radius 1 is 1.22 bits per heavy atom. The molecule has 1 aliphatic heterocycles. The number of benzene rings is 1. The molecule has 0 radical (unpaired) electrons. The van der Waals surface area contributed by atoms with Gasteiger partial charge in [0.2, 0.25) is 5.91 Å². The predicted molar refractivity (Wildman–Crippen MR) is 120 cm³/mol. The summed E-state index contributed by atoms with van der Waals surface area (Å²) in [7, 11) is 0. The minimum atomic E-state index is -0.653. The van der Waals surface area contributed by atoms with Gasteiger partial charge in [-0.25, -0.2) is 4.98 Å². The number of carbonyl (C=O) groups is 1. The van der Waals surface area contributed by atoms with Crippen molar-refractivity contribution in [1.29, 1.82) is 0 Å². The zero-order valence-electron chi connectivity index (χ0n) is 18.5. The zero-order chi connectivity index (χ0) is 22.1. The van der Waals surface area contributed by atoms with Gasteiger partial charge in [-0.2, -0.15) is 0 Å². The second-order valence-corrected chi connectivity index (χ2v) is 9.08. The third kappa shape index (κ3) is 3.63. The highest BCUT2D eigenvalue weighted by molar-refractivity contribution is 5.80. The van der Waals surface area contributed by atoms with Crippen LogP contribution in [0, 0.1) is 5.92 Å². The molecule has 2 N–H and O–H groups in total. The van der Waals surface area contributed by atoms with Crippen molar-refractivity contribution >= 4 is 5.91 Å². The minimum Gasteiger partial charge on any atom is -0.512 e. The number of hydrogen-bond acceptors (Lipinski definition) is 5. The lowest BCUT2D eigenvalue weighted by Gasteiger charge is -2.48. The highest BCUT2D eigenvalue weighted by Gasteiger charge is 2.71. The molecule has 2 aromatic rings. The molecule has 170 valence electrons. The number of aliphatic hydroxyl groups is 1. The Morgan fingerprint density at radius 2 is 2.03 bits per heavy atom. The molecule has 0 bridgehead atoms. The van der Waals surface area contributed by atoms with Gasteiger partial charge in [0.1, 0.15) is 19.0 Å². The molecule has 1 fully saturated rings. The zero-order valence-corrected chi connectivity index (χ0v) is 18.5. The Labute approximate surface area is 188 Å². The van der Waals surface area contributed by atoms with Crippen molar-refractivity contribution in [1.82, 2.24) is 14.9 Å². The molecule has 1 aromatic carbocycles. The van der Waals surface area contributed by atoms with Gasteiger partial charge >= 0.3 is 0 Å². The van der Waals surface area contributed by atoms with E-state index in [1.54, 1.807) is 12.5 Å². The fourth-order valence-corrected chi connectivity index (χ4v) is 5.38. The van der Waals surface area contributed by atoms with Crippen molar-refractivity contribution in [3.8, 4) is 11.5 Å². The van der Waals surface area contributed by atoms with Gasteiger partial charge in [0.25, 0.3) is 0 Å². The fourth-order valence-electron chi connectivity index (χ4n) is 5.38. The van der Waals surface area contributed by atoms with Gasteiger partial charge in [-0.05, 0) is 24.1 Å². The molecule has 32 heavy (non-hydrogen) atoms. The van der Waals surface area contributed by atoms with E-state index in [2.05, 4.69) is 17.2 Å². The Hall–Kier alpha value is -2.96. The third-order valence-electron chi connectivity index (χ3n) is 6.93. The number of nitrogens with zero attached hydrogens (tertiary/aromatic N) is 2. The van der Waals surface area contributed by atoms with Gasteiger partial charge in [0, 0.05) is 30.3 Å². The van der Waals surface area contributed by atoms with E-state index >= 15 is 0 Å². The number of fused-ring (bicyclic) bond motifs is 2. The summed E-state index contributed by atoms with van der Waals surface area (Å²) in [5.74, 6) is 1.85. The Kier molecular flexibility index (Phi) is 5.57. The number of aromatic nitrogens is 2. The van der Waals surface area contributed by atoms with Crippen LogP contribution >= 0.6 is 0 Å². The monoisotopic (exact) mass is 437 g/mol. The highest BCUT2D eigenvalue weighted by atomic mass is 16.6. The summed E-state index contributed by atoms with van der Waals surface area (Å²) in [6.45, 7) is 3.79. The number of rotatable bonds is 10. The second kappa shape index (κ2) is 8.52. The van der Waals surface area contributed by atoms with Gasteiger partial charge in [-0.1, -0.05) is 38.7 Å². The van der Waals surface area contributed by atoms with E-state index in [1.807, 2.05) is 29.0 Å². The van der Waals surface area contributed by atoms with Crippen molar-refractivity contribution in [3.05, 3.63) is 53.8 Å². The first kappa shape index (κ1) is 20.9. The van der Waals surface area contributed by atoms with Crippen molar-refractivity contribution < 1.29 is 19.4 Å². The fraction of sp³-hybridized carbons (Fsp3) is 0.520. The van der Waals surface area contributed by atoms with Crippen LogP contribution < -0.4 is 14.8 Å². The number of unbranched alkanes of at least 4 members (excludes halogenated alkanes) is 4. The van der Waals surface area contributed by atoms with E-state index in [0.29, 0.717) is 31.9 Å². The average molecular weight is 438 g/mol. The topological polar surface area (TPSA) is 85.6 Å². The summed E-state index contributed by atoms with van der Waals surface area (Å²) in [5, 5.41) is 14.0. The van der Waals surface area contributed by atoms with E-state index in [4.69, 9.17) is 9.47 Å². The Balaban J connectivity index is 1.39. The average Bonchev–Trinajstić information content (AvgIpc) is 3.12. The van der Waals surface area contributed by atoms with Gasteiger partial charge in [-0.3, -0.25) is 4.79 Å². The first-order valence-electron chi connectivity index (χ1n) is 11.7. The maximum absolute atomic E-state index is 13.0. The lowest BCUT2D eigenvalue weighted by molar-refractivity contribution is -0.123. The van der Waals surface area contributed by atoms with Crippen molar-refractivity contribution in [2.75, 3.05) is 13.2 Å². The van der Waals surface area contributed by atoms with Crippen LogP contribution in [0.1, 0.15) is 56.9 Å². The number of ether oxygens (including phenoxy) is 2. The van der Waals surface area contributed by atoms with E-state index < -0.39 is 5.54 Å². The van der Waals surface area contributed by atoms with Crippen molar-refractivity contribution in [3.63, 3.8) is 0 Å². The van der Waals surface area contributed by atoms with Crippen molar-refractivity contribution in [2.24, 2.45) is 5.92 Å². The largest absolute Gasteiger partial charge is 0.512 e. The van der Waals surface area contributed by atoms with E-state index in [9.17, 15) is 9.90 Å². The van der Waals surface area contributed by atoms with E-state index in [1.165, 1.54) is 12.8 Å². The summed E-state index contributed by atoms with van der Waals surface area (Å²) in [4.78, 5) is 17.2. The second-order valence-electron chi connectivity index (χ2n) is 9.08. The molecule has 0 spiro atoms. The predicted octanol–water partition coefficient (Wildman–Crippen LogP) is 4.11. The molecule has 2 aliphatic carbocycles. The van der Waals surface area contributed by atoms with Crippen LogP contribution in [-0.4, -0.2) is 39.3 Å². The van der Waals surface area contributed by atoms with Crippen LogP contribution in [-0.2, 0) is 11.3 Å². The van der Waals surface area contributed by atoms with E-state index in [0.717, 1.165) is 41.9 Å². The molecule has 7 heteroatoms. The van der Waals surface area contributed by atoms with Crippen LogP contribution in [0.5, 0.6) is 11.5 Å². The first-order chi connectivity index (χ1) is 15.6. The molecule has 1 aromatic heterocycles. The number of hydrogen-bond donors (Lipinski definition) is 2. The lowest BCUT2D eigenvalue weighted by atomic mass is 9.62. The summed E-state index contributed by atoms with van der Waals surface area (Å²) in [5.41, 5.74) is 1.33. The van der Waals surface area contributed by atoms with Crippen LogP contribution in [0.2, 0.25) is 0 Å². The van der Waals surface area contributed by atoms with Gasteiger partial charge in [0.05, 0.1) is 24.3 Å². The molecule has 7 nitrogen and oxygen atoms in total. The molecular weight excluding hydrogens is 406 g/mol. The van der Waals surface area contributed by atoms with Crippen LogP contribution in [0.25, 0.3) is 0 Å². The normalized spacial score (nSPS) is 25.2. The smallest absolute Gasteiger partial charge is 0.220 e. The maximum Gasteiger partial charge on any atom is 0.220 e. The standard InChI is InChI=1S/C25H31N3O4/c1-2-3-4-5-6-7-20(29)27-25(15-28-11-10-26-16-28)22(21-23(25)24(21)30)17-8-9-18-19(14-17)32-13-12-31-18/h8-11,14,16,21-22,30H,2-7,12-13,15H2,1H3,(H,27,29)/t21?,22?,25-/m1/s1. The molecule has 3 aliphatic rings. The highest BCUT2D eigenvalue weighted by Crippen LogP contribution is 2.69. The molecular formula is C25H31N3O4. The van der Waals surface area contributed by atoms with E-state index in [-0.39, 0.29) is 17.7 Å². The van der Waals surface area contributed by atoms with Crippen LogP contribution in [0.15, 0.2) is 48.3 Å². The summed E-state index contributed by atoms with van der Waals surface area (Å²) < 4.78 is 13.4. The number of allylic oxidation sites excluding steroid dienone is 1. The van der Waals surface area contributed by atoms with Crippen LogP contribution in [0.3, 0.4) is 0 Å². The maximum atomic E-state index is 13.0. The lowest BCUT2D eigenvalue weighted by Crippen LogP contribution is -2.61. The first-order valence-corrected chi connectivity index (χ1v) is 11.7. The summed E-state index contributed by atoms with van der Waals surface area (Å²) >= 11 is 0. The molecule has 1 amide bonds. The third-order valence-corrected chi connectivity index (χ3v) is 6.93. The SMILES string of the molecule is CCCCCCCC(=O)N[C@@]1(Cn2ccnc2)C2=C(O)C2C1c1ccc2c(c1)OCCO2. The molecule has 2 heterocycles. The number of carbonyl (C=O) groups excluding carboxylic acids is 1. The minimum absolute atomic E-state index is 0.00839.